The van der Waals surface area contributed by atoms with Crippen molar-refractivity contribution < 1.29 is 5.11 Å². The van der Waals surface area contributed by atoms with E-state index in [9.17, 15) is 5.11 Å². The predicted octanol–water partition coefficient (Wildman–Crippen LogP) is 2.67. The highest BCUT2D eigenvalue weighted by Crippen LogP contribution is 2.28. The predicted molar refractivity (Wildman–Crippen MR) is 89.8 cm³/mol. The van der Waals surface area contributed by atoms with Crippen molar-refractivity contribution in [2.24, 2.45) is 5.92 Å². The molecule has 118 valence electrons. The van der Waals surface area contributed by atoms with Crippen molar-refractivity contribution in [2.75, 3.05) is 13.1 Å². The summed E-state index contributed by atoms with van der Waals surface area (Å²) in [6, 6.07) is 11.3. The minimum Gasteiger partial charge on any atom is -0.506 e. The first-order valence-electron chi connectivity index (χ1n) is 8.14. The topological polar surface area (TPSA) is 63.0 Å². The number of piperidine rings is 1. The van der Waals surface area contributed by atoms with Gasteiger partial charge in [-0.3, -0.25) is 4.57 Å². The number of hydrogen-bond donors (Lipinski definition) is 2. The van der Waals surface area contributed by atoms with Gasteiger partial charge in [0.15, 0.2) is 5.65 Å². The van der Waals surface area contributed by atoms with Crippen LogP contribution in [0.15, 0.2) is 42.6 Å². The van der Waals surface area contributed by atoms with Crippen molar-refractivity contribution in [1.82, 2.24) is 19.9 Å². The molecule has 1 saturated heterocycles. The molecule has 5 nitrogen and oxygen atoms in total. The number of phenolic OH excluding ortho intramolecular Hbond substituents is 1. The number of aromatic nitrogens is 3. The van der Waals surface area contributed by atoms with E-state index in [1.807, 2.05) is 34.9 Å². The lowest BCUT2D eigenvalue weighted by Crippen LogP contribution is -2.29. The van der Waals surface area contributed by atoms with Crippen LogP contribution in [0, 0.1) is 5.92 Å². The molecule has 0 unspecified atom stereocenters. The number of pyridine rings is 1. The molecule has 2 N–H and O–H groups in total. The van der Waals surface area contributed by atoms with Crippen LogP contribution in [-0.4, -0.2) is 32.7 Å². The zero-order valence-electron chi connectivity index (χ0n) is 12.9. The van der Waals surface area contributed by atoms with Crippen LogP contribution >= 0.6 is 0 Å². The second-order valence-corrected chi connectivity index (χ2v) is 6.10. The molecule has 5 heteroatoms. The lowest BCUT2D eigenvalue weighted by atomic mass is 9.94. The van der Waals surface area contributed by atoms with Crippen LogP contribution in [0.25, 0.3) is 16.9 Å². The van der Waals surface area contributed by atoms with Gasteiger partial charge in [0.2, 0.25) is 0 Å². The van der Waals surface area contributed by atoms with E-state index >= 15 is 0 Å². The first-order valence-corrected chi connectivity index (χ1v) is 8.14. The van der Waals surface area contributed by atoms with Crippen molar-refractivity contribution in [1.29, 1.82) is 0 Å². The molecule has 1 aromatic carbocycles. The van der Waals surface area contributed by atoms with E-state index in [2.05, 4.69) is 10.3 Å². The third-order valence-electron chi connectivity index (χ3n) is 4.54. The van der Waals surface area contributed by atoms with E-state index in [-0.39, 0.29) is 5.75 Å². The van der Waals surface area contributed by atoms with Crippen LogP contribution in [0.2, 0.25) is 0 Å². The third kappa shape index (κ3) is 2.68. The maximum atomic E-state index is 10.3. The van der Waals surface area contributed by atoms with Gasteiger partial charge in [-0.25, -0.2) is 9.97 Å². The summed E-state index contributed by atoms with van der Waals surface area (Å²) in [4.78, 5) is 9.28. The molecule has 3 aromatic rings. The van der Waals surface area contributed by atoms with Gasteiger partial charge in [-0.05, 0) is 56.1 Å². The Balaban J connectivity index is 1.83. The minimum absolute atomic E-state index is 0.254. The van der Waals surface area contributed by atoms with Crippen molar-refractivity contribution in [3.63, 3.8) is 0 Å². The Labute approximate surface area is 135 Å². The third-order valence-corrected chi connectivity index (χ3v) is 4.54. The molecule has 2 aromatic heterocycles. The van der Waals surface area contributed by atoms with Crippen LogP contribution < -0.4 is 5.32 Å². The van der Waals surface area contributed by atoms with Gasteiger partial charge in [-0.15, -0.1) is 0 Å². The molecule has 1 fully saturated rings. The maximum Gasteiger partial charge on any atom is 0.164 e. The van der Waals surface area contributed by atoms with E-state index in [4.69, 9.17) is 4.98 Å². The summed E-state index contributed by atoms with van der Waals surface area (Å²) >= 11 is 0. The number of hydrogen-bond acceptors (Lipinski definition) is 4. The van der Waals surface area contributed by atoms with Gasteiger partial charge >= 0.3 is 0 Å². The van der Waals surface area contributed by atoms with E-state index < -0.39 is 0 Å². The zero-order valence-corrected chi connectivity index (χ0v) is 12.9. The fourth-order valence-corrected chi connectivity index (χ4v) is 3.35. The molecular weight excluding hydrogens is 288 g/mol. The molecule has 0 spiro atoms. The van der Waals surface area contributed by atoms with E-state index in [0.717, 1.165) is 55.0 Å². The summed E-state index contributed by atoms with van der Waals surface area (Å²) in [6.45, 7) is 2.14. The number of nitrogens with zero attached hydrogens (tertiary/aromatic N) is 3. The average molecular weight is 308 g/mol. The van der Waals surface area contributed by atoms with Gasteiger partial charge in [-0.1, -0.05) is 12.1 Å². The summed E-state index contributed by atoms with van der Waals surface area (Å²) < 4.78 is 2.01. The van der Waals surface area contributed by atoms with Crippen molar-refractivity contribution >= 4 is 11.2 Å². The molecule has 23 heavy (non-hydrogen) atoms. The van der Waals surface area contributed by atoms with E-state index in [1.54, 1.807) is 12.3 Å². The monoisotopic (exact) mass is 308 g/mol. The molecule has 0 amide bonds. The summed E-state index contributed by atoms with van der Waals surface area (Å²) in [5.74, 6) is 1.86. The van der Waals surface area contributed by atoms with Crippen LogP contribution in [0.1, 0.15) is 18.7 Å². The molecule has 1 aliphatic heterocycles. The number of para-hydroxylation sites is 2. The molecule has 0 radical (unpaired) electrons. The van der Waals surface area contributed by atoms with Crippen LogP contribution in [0.3, 0.4) is 0 Å². The Kier molecular flexibility index (Phi) is 3.71. The summed E-state index contributed by atoms with van der Waals surface area (Å²) in [5.41, 5.74) is 2.43. The number of imidazole rings is 1. The molecule has 3 heterocycles. The molecule has 0 bridgehead atoms. The standard InChI is InChI=1S/C18H20N4O/c23-16-6-2-1-5-15(16)22-17(12-13-7-10-19-11-8-13)21-14-4-3-9-20-18(14)22/h1-6,9,13,19,23H,7-8,10-12H2. The Morgan fingerprint density at radius 2 is 1.96 bits per heavy atom. The fraction of sp³-hybridized carbons (Fsp3) is 0.333. The van der Waals surface area contributed by atoms with Crippen LogP contribution in [0.4, 0.5) is 0 Å². The lowest BCUT2D eigenvalue weighted by molar-refractivity contribution is 0.366. The number of nitrogens with one attached hydrogen (secondary N) is 1. The molecular formula is C18H20N4O. The second kappa shape index (κ2) is 6.01. The van der Waals surface area contributed by atoms with Gasteiger partial charge < -0.3 is 10.4 Å². The Morgan fingerprint density at radius 1 is 1.13 bits per heavy atom. The van der Waals surface area contributed by atoms with Crippen molar-refractivity contribution in [2.45, 2.75) is 19.3 Å². The number of rotatable bonds is 3. The largest absolute Gasteiger partial charge is 0.506 e. The number of phenols is 1. The van der Waals surface area contributed by atoms with Crippen molar-refractivity contribution in [3.8, 4) is 11.4 Å². The smallest absolute Gasteiger partial charge is 0.164 e. The Morgan fingerprint density at radius 3 is 2.78 bits per heavy atom. The van der Waals surface area contributed by atoms with Gasteiger partial charge in [-0.2, -0.15) is 0 Å². The quantitative estimate of drug-likeness (QED) is 0.781. The minimum atomic E-state index is 0.254. The summed E-state index contributed by atoms with van der Waals surface area (Å²) in [7, 11) is 0. The number of benzene rings is 1. The Bertz CT molecular complexity index is 821. The normalized spacial score (nSPS) is 16.0. The number of aromatic hydroxyl groups is 1. The van der Waals surface area contributed by atoms with Crippen molar-refractivity contribution in [3.05, 3.63) is 48.4 Å². The molecule has 4 rings (SSSR count). The van der Waals surface area contributed by atoms with Gasteiger partial charge in [0, 0.05) is 12.6 Å². The highest BCUT2D eigenvalue weighted by molar-refractivity contribution is 5.74. The van der Waals surface area contributed by atoms with Crippen LogP contribution in [-0.2, 0) is 6.42 Å². The second-order valence-electron chi connectivity index (χ2n) is 6.10. The molecule has 0 atom stereocenters. The first-order chi connectivity index (χ1) is 11.3. The number of fused-ring (bicyclic) bond motifs is 1. The van der Waals surface area contributed by atoms with Crippen LogP contribution in [0.5, 0.6) is 5.75 Å². The molecule has 0 saturated carbocycles. The van der Waals surface area contributed by atoms with Gasteiger partial charge in [0.05, 0.1) is 5.69 Å². The summed E-state index contributed by atoms with van der Waals surface area (Å²) in [6.07, 6.45) is 5.01. The average Bonchev–Trinajstić information content (AvgIpc) is 2.94. The van der Waals surface area contributed by atoms with Gasteiger partial charge in [0.25, 0.3) is 0 Å². The zero-order chi connectivity index (χ0) is 15.6. The fourth-order valence-electron chi connectivity index (χ4n) is 3.35. The molecule has 1 aliphatic rings. The maximum absolute atomic E-state index is 10.3. The first kappa shape index (κ1) is 14.2. The van der Waals surface area contributed by atoms with Gasteiger partial charge in [0.1, 0.15) is 17.1 Å². The van der Waals surface area contributed by atoms with E-state index in [1.165, 1.54) is 0 Å². The highest BCUT2D eigenvalue weighted by Gasteiger charge is 2.20. The lowest BCUT2D eigenvalue weighted by Gasteiger charge is -2.22. The van der Waals surface area contributed by atoms with E-state index in [0.29, 0.717) is 5.92 Å². The SMILES string of the molecule is Oc1ccccc1-n1c(CC2CCNCC2)nc2cccnc21. The molecule has 0 aliphatic carbocycles. The summed E-state index contributed by atoms with van der Waals surface area (Å²) in [5, 5.41) is 13.7. The Hall–Kier alpha value is -2.40. The highest BCUT2D eigenvalue weighted by atomic mass is 16.3.